The van der Waals surface area contributed by atoms with Gasteiger partial charge in [0.1, 0.15) is 5.75 Å². The van der Waals surface area contributed by atoms with Crippen molar-refractivity contribution < 1.29 is 14.3 Å². The first kappa shape index (κ1) is 14.8. The molecule has 1 rings (SSSR count). The molecule has 104 valence electrons. The summed E-state index contributed by atoms with van der Waals surface area (Å²) in [5, 5.41) is 2.67. The maximum absolute atomic E-state index is 11.9. The second-order valence-electron chi connectivity index (χ2n) is 4.23. The smallest absolute Gasteiger partial charge is 0.251 e. The number of anilines is 1. The first-order chi connectivity index (χ1) is 8.93. The summed E-state index contributed by atoms with van der Waals surface area (Å²) in [4.78, 5) is 22.6. The van der Waals surface area contributed by atoms with E-state index in [4.69, 9.17) is 16.2 Å². The molecule has 6 nitrogen and oxygen atoms in total. The van der Waals surface area contributed by atoms with Crippen LogP contribution in [0.3, 0.4) is 0 Å². The summed E-state index contributed by atoms with van der Waals surface area (Å²) in [7, 11) is 0. The van der Waals surface area contributed by atoms with Crippen LogP contribution in [0.25, 0.3) is 0 Å². The third-order valence-electron chi connectivity index (χ3n) is 2.46. The van der Waals surface area contributed by atoms with E-state index in [1.807, 2.05) is 6.92 Å². The molecule has 0 bridgehead atoms. The van der Waals surface area contributed by atoms with Crippen molar-refractivity contribution in [2.24, 2.45) is 5.73 Å². The van der Waals surface area contributed by atoms with Gasteiger partial charge in [0.25, 0.3) is 5.91 Å². The fraction of sp³-hybridized carbons (Fsp3) is 0.385. The Morgan fingerprint density at radius 1 is 1.42 bits per heavy atom. The van der Waals surface area contributed by atoms with Crippen LogP contribution in [0.2, 0.25) is 0 Å². The van der Waals surface area contributed by atoms with Crippen molar-refractivity contribution in [3.05, 3.63) is 23.8 Å². The summed E-state index contributed by atoms with van der Waals surface area (Å²) >= 11 is 0. The van der Waals surface area contributed by atoms with E-state index in [1.165, 1.54) is 6.07 Å². The van der Waals surface area contributed by atoms with Crippen molar-refractivity contribution in [1.82, 2.24) is 5.32 Å². The van der Waals surface area contributed by atoms with Crippen LogP contribution >= 0.6 is 0 Å². The molecule has 2 amide bonds. The van der Waals surface area contributed by atoms with Gasteiger partial charge in [-0.05, 0) is 32.0 Å². The molecule has 1 aromatic rings. The van der Waals surface area contributed by atoms with Gasteiger partial charge in [0.2, 0.25) is 5.91 Å². The minimum absolute atomic E-state index is 0.0955. The monoisotopic (exact) mass is 265 g/mol. The zero-order valence-corrected chi connectivity index (χ0v) is 11.1. The number of carbonyl (C=O) groups excluding carboxylic acids is 2. The highest BCUT2D eigenvalue weighted by atomic mass is 16.5. The maximum Gasteiger partial charge on any atom is 0.251 e. The van der Waals surface area contributed by atoms with Gasteiger partial charge in [0.05, 0.1) is 12.3 Å². The predicted octanol–water partition coefficient (Wildman–Crippen LogP) is 0.661. The van der Waals surface area contributed by atoms with Crippen molar-refractivity contribution in [3.63, 3.8) is 0 Å². The molecule has 0 saturated heterocycles. The highest BCUT2D eigenvalue weighted by Crippen LogP contribution is 2.22. The molecule has 1 atom stereocenters. The highest BCUT2D eigenvalue weighted by molar-refractivity contribution is 5.95. The topological polar surface area (TPSA) is 107 Å². The molecular weight excluding hydrogens is 246 g/mol. The number of rotatable bonds is 6. The third kappa shape index (κ3) is 4.50. The Morgan fingerprint density at radius 2 is 2.11 bits per heavy atom. The number of nitrogens with two attached hydrogens (primary N) is 2. The van der Waals surface area contributed by atoms with Crippen LogP contribution in [0.1, 0.15) is 30.6 Å². The highest BCUT2D eigenvalue weighted by Gasteiger charge is 2.13. The molecule has 0 fully saturated rings. The fourth-order valence-electron chi connectivity index (χ4n) is 1.64. The van der Waals surface area contributed by atoms with E-state index in [1.54, 1.807) is 19.1 Å². The van der Waals surface area contributed by atoms with E-state index in [0.29, 0.717) is 23.6 Å². The van der Waals surface area contributed by atoms with E-state index in [9.17, 15) is 9.59 Å². The number of amides is 2. The number of nitrogen functional groups attached to an aromatic ring is 1. The second-order valence-corrected chi connectivity index (χ2v) is 4.23. The van der Waals surface area contributed by atoms with E-state index >= 15 is 0 Å². The lowest BCUT2D eigenvalue weighted by Crippen LogP contribution is -2.35. The second kappa shape index (κ2) is 6.63. The third-order valence-corrected chi connectivity index (χ3v) is 2.46. The normalized spacial score (nSPS) is 11.7. The molecule has 0 heterocycles. The van der Waals surface area contributed by atoms with Crippen LogP contribution in [-0.4, -0.2) is 24.5 Å². The molecule has 0 radical (unpaired) electrons. The van der Waals surface area contributed by atoms with Gasteiger partial charge < -0.3 is 21.5 Å². The Kier molecular flexibility index (Phi) is 5.17. The lowest BCUT2D eigenvalue weighted by atomic mass is 10.1. The summed E-state index contributed by atoms with van der Waals surface area (Å²) < 4.78 is 5.29. The SMILES string of the molecule is CCOc1ccc(C(=O)NC(C)CC(N)=O)cc1N. The summed E-state index contributed by atoms with van der Waals surface area (Å²) in [5.41, 5.74) is 11.7. The van der Waals surface area contributed by atoms with E-state index in [0.717, 1.165) is 0 Å². The number of ether oxygens (including phenoxy) is 1. The largest absolute Gasteiger partial charge is 0.492 e. The molecule has 5 N–H and O–H groups in total. The van der Waals surface area contributed by atoms with Crippen LogP contribution in [0.4, 0.5) is 5.69 Å². The first-order valence-corrected chi connectivity index (χ1v) is 6.05. The van der Waals surface area contributed by atoms with E-state index < -0.39 is 5.91 Å². The molecule has 0 aliphatic rings. The van der Waals surface area contributed by atoms with Gasteiger partial charge in [-0.15, -0.1) is 0 Å². The number of nitrogens with one attached hydrogen (secondary N) is 1. The average Bonchev–Trinajstić information content (AvgIpc) is 2.30. The Hall–Kier alpha value is -2.24. The predicted molar refractivity (Wildman–Crippen MR) is 72.8 cm³/mol. The standard InChI is InChI=1S/C13H19N3O3/c1-3-19-11-5-4-9(7-10(11)14)13(18)16-8(2)6-12(15)17/h4-5,7-8H,3,6,14H2,1-2H3,(H2,15,17)(H,16,18). The van der Waals surface area contributed by atoms with Gasteiger partial charge in [0, 0.05) is 18.0 Å². The maximum atomic E-state index is 11.9. The Bertz CT molecular complexity index is 474. The molecule has 19 heavy (non-hydrogen) atoms. The first-order valence-electron chi connectivity index (χ1n) is 6.05. The molecule has 1 aromatic carbocycles. The van der Waals surface area contributed by atoms with Crippen molar-refractivity contribution in [2.75, 3.05) is 12.3 Å². The van der Waals surface area contributed by atoms with Gasteiger partial charge in [-0.1, -0.05) is 0 Å². The van der Waals surface area contributed by atoms with Crippen LogP contribution < -0.4 is 21.5 Å². The number of carbonyl (C=O) groups is 2. The zero-order valence-electron chi connectivity index (χ0n) is 11.1. The van der Waals surface area contributed by atoms with Crippen molar-refractivity contribution in [3.8, 4) is 5.75 Å². The van der Waals surface area contributed by atoms with Crippen molar-refractivity contribution >= 4 is 17.5 Å². The quantitative estimate of drug-likeness (QED) is 0.657. The minimum Gasteiger partial charge on any atom is -0.492 e. The Morgan fingerprint density at radius 3 is 2.63 bits per heavy atom. The zero-order chi connectivity index (χ0) is 14.4. The Labute approximate surface area is 112 Å². The van der Waals surface area contributed by atoms with E-state index in [2.05, 4.69) is 5.32 Å². The molecule has 6 heteroatoms. The molecule has 0 aromatic heterocycles. The van der Waals surface area contributed by atoms with Crippen LogP contribution in [0.5, 0.6) is 5.75 Å². The van der Waals surface area contributed by atoms with Crippen molar-refractivity contribution in [2.45, 2.75) is 26.3 Å². The van der Waals surface area contributed by atoms with Gasteiger partial charge >= 0.3 is 0 Å². The molecule has 0 aliphatic carbocycles. The molecule has 1 unspecified atom stereocenters. The minimum atomic E-state index is -0.459. The number of primary amides is 1. The van der Waals surface area contributed by atoms with Crippen molar-refractivity contribution in [1.29, 1.82) is 0 Å². The summed E-state index contributed by atoms with van der Waals surface area (Å²) in [5.74, 6) is -0.216. The van der Waals surface area contributed by atoms with Gasteiger partial charge in [-0.25, -0.2) is 0 Å². The summed E-state index contributed by atoms with van der Waals surface area (Å²) in [6, 6.07) is 4.48. The van der Waals surface area contributed by atoms with Crippen LogP contribution in [0.15, 0.2) is 18.2 Å². The number of hydrogen-bond donors (Lipinski definition) is 3. The lowest BCUT2D eigenvalue weighted by molar-refractivity contribution is -0.118. The van der Waals surface area contributed by atoms with Crippen LogP contribution in [-0.2, 0) is 4.79 Å². The Balaban J connectivity index is 2.72. The molecule has 0 spiro atoms. The molecule has 0 aliphatic heterocycles. The van der Waals surface area contributed by atoms with E-state index in [-0.39, 0.29) is 18.4 Å². The average molecular weight is 265 g/mol. The number of hydrogen-bond acceptors (Lipinski definition) is 4. The summed E-state index contributed by atoms with van der Waals surface area (Å²) in [6.45, 7) is 4.07. The summed E-state index contributed by atoms with van der Waals surface area (Å²) in [6.07, 6.45) is 0.0955. The number of benzene rings is 1. The van der Waals surface area contributed by atoms with Gasteiger partial charge in [-0.3, -0.25) is 9.59 Å². The van der Waals surface area contributed by atoms with Crippen LogP contribution in [0, 0.1) is 0 Å². The van der Waals surface area contributed by atoms with Gasteiger partial charge in [0.15, 0.2) is 0 Å². The fourth-order valence-corrected chi connectivity index (χ4v) is 1.64. The molecular formula is C13H19N3O3. The lowest BCUT2D eigenvalue weighted by Gasteiger charge is -2.13. The van der Waals surface area contributed by atoms with Gasteiger partial charge in [-0.2, -0.15) is 0 Å². The molecule has 0 saturated carbocycles.